The third-order valence-corrected chi connectivity index (χ3v) is 4.80. The Bertz CT molecular complexity index is 484. The van der Waals surface area contributed by atoms with Crippen LogP contribution in [-0.2, 0) is 16.1 Å². The maximum atomic E-state index is 11.7. The van der Waals surface area contributed by atoms with Gasteiger partial charge < -0.3 is 4.74 Å². The van der Waals surface area contributed by atoms with Crippen LogP contribution in [0.25, 0.3) is 0 Å². The molecule has 0 aliphatic heterocycles. The molecular formula is C24H39NO2. The van der Waals surface area contributed by atoms with Crippen LogP contribution in [0, 0.1) is 0 Å². The Balaban J connectivity index is 1.83. The first-order valence-electron chi connectivity index (χ1n) is 11.0. The second-order valence-electron chi connectivity index (χ2n) is 7.38. The quantitative estimate of drug-likeness (QED) is 0.165. The molecule has 0 aromatic carbocycles. The lowest BCUT2D eigenvalue weighted by molar-refractivity contribution is -0.143. The van der Waals surface area contributed by atoms with Crippen LogP contribution in [0.2, 0.25) is 0 Å². The highest BCUT2D eigenvalue weighted by Gasteiger charge is 2.00. The van der Waals surface area contributed by atoms with E-state index in [9.17, 15) is 4.79 Å². The molecule has 0 saturated heterocycles. The normalized spacial score (nSPS) is 11.1. The van der Waals surface area contributed by atoms with Gasteiger partial charge in [0.2, 0.25) is 0 Å². The van der Waals surface area contributed by atoms with Gasteiger partial charge in [-0.3, -0.25) is 9.78 Å². The van der Waals surface area contributed by atoms with Crippen LogP contribution in [0.1, 0.15) is 102 Å². The van der Waals surface area contributed by atoms with E-state index in [1.54, 1.807) is 12.4 Å². The van der Waals surface area contributed by atoms with Crippen LogP contribution in [-0.4, -0.2) is 11.0 Å². The Morgan fingerprint density at radius 1 is 0.926 bits per heavy atom. The number of carbonyl (C=O) groups is 1. The maximum Gasteiger partial charge on any atom is 0.309 e. The summed E-state index contributed by atoms with van der Waals surface area (Å²) < 4.78 is 5.22. The Morgan fingerprint density at radius 3 is 2.15 bits per heavy atom. The summed E-state index contributed by atoms with van der Waals surface area (Å²) in [5.74, 6) is -0.176. The van der Waals surface area contributed by atoms with E-state index in [4.69, 9.17) is 4.74 Å². The van der Waals surface area contributed by atoms with Gasteiger partial charge in [0.25, 0.3) is 0 Å². The number of hydrogen-bond donors (Lipinski definition) is 0. The lowest BCUT2D eigenvalue weighted by Gasteiger charge is -2.03. The van der Waals surface area contributed by atoms with Crippen molar-refractivity contribution in [2.24, 2.45) is 0 Å². The molecule has 0 saturated carbocycles. The zero-order chi connectivity index (χ0) is 19.4. The molecule has 0 aliphatic carbocycles. The number of allylic oxidation sites excluding steroid dienone is 1. The van der Waals surface area contributed by atoms with Crippen LogP contribution in [0.5, 0.6) is 0 Å². The van der Waals surface area contributed by atoms with Crippen LogP contribution < -0.4 is 0 Å². The molecule has 3 heteroatoms. The summed E-state index contributed by atoms with van der Waals surface area (Å²) in [7, 11) is 0. The number of pyridine rings is 1. The second-order valence-corrected chi connectivity index (χ2v) is 7.38. The van der Waals surface area contributed by atoms with Gasteiger partial charge >= 0.3 is 5.97 Å². The average molecular weight is 374 g/mol. The van der Waals surface area contributed by atoms with Gasteiger partial charge in [-0.15, -0.1) is 0 Å². The molecule has 0 unspecified atom stereocenters. The fourth-order valence-corrected chi connectivity index (χ4v) is 3.11. The number of unbranched alkanes of at least 4 members (excludes halogenated alkanes) is 12. The van der Waals surface area contributed by atoms with Gasteiger partial charge in [0.15, 0.2) is 0 Å². The summed E-state index contributed by atoms with van der Waals surface area (Å²) in [4.78, 5) is 15.7. The molecule has 1 aromatic rings. The lowest BCUT2D eigenvalue weighted by atomic mass is 10.0. The van der Waals surface area contributed by atoms with Crippen molar-refractivity contribution < 1.29 is 9.53 Å². The minimum absolute atomic E-state index is 0.176. The van der Waals surface area contributed by atoms with Crippen molar-refractivity contribution in [2.45, 2.75) is 103 Å². The largest absolute Gasteiger partial charge is 0.461 e. The molecule has 0 N–H and O–H groups in total. The maximum absolute atomic E-state index is 11.7. The van der Waals surface area contributed by atoms with Gasteiger partial charge in [-0.05, 0) is 18.9 Å². The van der Waals surface area contributed by atoms with E-state index in [2.05, 4.69) is 18.0 Å². The minimum atomic E-state index is -0.176. The van der Waals surface area contributed by atoms with Gasteiger partial charge in [-0.2, -0.15) is 0 Å². The first-order valence-corrected chi connectivity index (χ1v) is 11.0. The topological polar surface area (TPSA) is 39.2 Å². The summed E-state index contributed by atoms with van der Waals surface area (Å²) in [5.41, 5.74) is 0.923. The number of esters is 1. The summed E-state index contributed by atoms with van der Waals surface area (Å²) >= 11 is 0. The van der Waals surface area contributed by atoms with Crippen LogP contribution in [0.15, 0.2) is 36.7 Å². The van der Waals surface area contributed by atoms with Crippen LogP contribution in [0.4, 0.5) is 0 Å². The first kappa shape index (κ1) is 23.4. The molecule has 0 aliphatic rings. The molecule has 0 spiro atoms. The minimum Gasteiger partial charge on any atom is -0.461 e. The van der Waals surface area contributed by atoms with E-state index < -0.39 is 0 Å². The standard InChI is InChI=1S/C24H39NO2/c1-2-3-4-5-6-7-8-9-10-11-12-13-14-15-16-19-24(26)27-22-23-18-17-20-25-21-23/h15-18,20-21H,2-14,19,22H2,1H3/b16-15-. The number of carbonyl (C=O) groups excluding carboxylic acids is 1. The van der Waals surface area contributed by atoms with Gasteiger partial charge in [-0.1, -0.05) is 95.8 Å². The number of rotatable bonds is 17. The monoisotopic (exact) mass is 373 g/mol. The molecule has 1 heterocycles. The predicted molar refractivity (Wildman–Crippen MR) is 113 cm³/mol. The fourth-order valence-electron chi connectivity index (χ4n) is 3.11. The number of ether oxygens (including phenoxy) is 1. The SMILES string of the molecule is CCCCCCCCCCCCCC/C=C\CC(=O)OCc1cccnc1. The molecule has 3 nitrogen and oxygen atoms in total. The third kappa shape index (κ3) is 15.1. The highest BCUT2D eigenvalue weighted by Crippen LogP contribution is 2.12. The number of hydrogen-bond acceptors (Lipinski definition) is 3. The number of nitrogens with zero attached hydrogens (tertiary/aromatic N) is 1. The molecular weight excluding hydrogens is 334 g/mol. The van der Waals surface area contributed by atoms with Crippen molar-refractivity contribution in [3.63, 3.8) is 0 Å². The summed E-state index contributed by atoms with van der Waals surface area (Å²) in [5, 5.41) is 0. The van der Waals surface area contributed by atoms with Crippen molar-refractivity contribution >= 4 is 5.97 Å². The Labute approximate surface area is 166 Å². The van der Waals surface area contributed by atoms with Gasteiger partial charge in [0, 0.05) is 18.0 Å². The molecule has 152 valence electrons. The fraction of sp³-hybridized carbons (Fsp3) is 0.667. The molecule has 1 aromatic heterocycles. The van der Waals surface area contributed by atoms with Crippen LogP contribution >= 0.6 is 0 Å². The number of aromatic nitrogens is 1. The van der Waals surface area contributed by atoms with Gasteiger partial charge in [0.1, 0.15) is 6.61 Å². The molecule has 0 bridgehead atoms. The summed E-state index contributed by atoms with van der Waals surface area (Å²) in [6, 6.07) is 3.75. The average Bonchev–Trinajstić information content (AvgIpc) is 2.70. The molecule has 0 atom stereocenters. The van der Waals surface area contributed by atoms with E-state index in [1.807, 2.05) is 18.2 Å². The van der Waals surface area contributed by atoms with Crippen molar-refractivity contribution in [1.29, 1.82) is 0 Å². The Morgan fingerprint density at radius 2 is 1.56 bits per heavy atom. The van der Waals surface area contributed by atoms with Crippen molar-refractivity contribution in [2.75, 3.05) is 0 Å². The highest BCUT2D eigenvalue weighted by atomic mass is 16.5. The van der Waals surface area contributed by atoms with E-state index in [0.717, 1.165) is 12.0 Å². The van der Waals surface area contributed by atoms with E-state index >= 15 is 0 Å². The molecule has 0 fully saturated rings. The van der Waals surface area contributed by atoms with E-state index in [1.165, 1.54) is 77.0 Å². The van der Waals surface area contributed by atoms with Crippen molar-refractivity contribution in [1.82, 2.24) is 4.98 Å². The molecule has 0 amide bonds. The van der Waals surface area contributed by atoms with Gasteiger partial charge in [0.05, 0.1) is 6.42 Å². The predicted octanol–water partition coefficient (Wildman–Crippen LogP) is 7.16. The Kier molecular flexibility index (Phi) is 15.4. The van der Waals surface area contributed by atoms with E-state index in [0.29, 0.717) is 13.0 Å². The van der Waals surface area contributed by atoms with Gasteiger partial charge in [-0.25, -0.2) is 0 Å². The summed E-state index contributed by atoms with van der Waals surface area (Å²) in [6.45, 7) is 2.58. The molecule has 1 rings (SSSR count). The van der Waals surface area contributed by atoms with E-state index in [-0.39, 0.29) is 5.97 Å². The zero-order valence-electron chi connectivity index (χ0n) is 17.3. The highest BCUT2D eigenvalue weighted by molar-refractivity contribution is 5.71. The molecule has 27 heavy (non-hydrogen) atoms. The lowest BCUT2D eigenvalue weighted by Crippen LogP contribution is -2.03. The van der Waals surface area contributed by atoms with Crippen molar-refractivity contribution in [3.05, 3.63) is 42.2 Å². The third-order valence-electron chi connectivity index (χ3n) is 4.80. The first-order chi connectivity index (χ1) is 13.3. The Hall–Kier alpha value is -1.64. The van der Waals surface area contributed by atoms with Crippen molar-refractivity contribution in [3.8, 4) is 0 Å². The molecule has 0 radical (unpaired) electrons. The summed E-state index contributed by atoms with van der Waals surface area (Å²) in [6.07, 6.45) is 25.4. The smallest absolute Gasteiger partial charge is 0.309 e. The zero-order valence-corrected chi connectivity index (χ0v) is 17.3. The second kappa shape index (κ2) is 17.8. The van der Waals surface area contributed by atoms with Crippen LogP contribution in [0.3, 0.4) is 0 Å².